The van der Waals surface area contributed by atoms with Crippen molar-refractivity contribution in [1.29, 1.82) is 0 Å². The Morgan fingerprint density at radius 1 is 1.27 bits per heavy atom. The number of nitrogens with one attached hydrogen (secondary N) is 2. The van der Waals surface area contributed by atoms with Crippen LogP contribution in [0.2, 0.25) is 10.0 Å². The van der Waals surface area contributed by atoms with Crippen molar-refractivity contribution in [1.82, 2.24) is 0 Å². The van der Waals surface area contributed by atoms with E-state index in [1.54, 1.807) is 0 Å². The molecule has 0 aliphatic carbocycles. The van der Waals surface area contributed by atoms with Gasteiger partial charge in [0.05, 0.1) is 34.4 Å². The van der Waals surface area contributed by atoms with Gasteiger partial charge < -0.3 is 20.1 Å². The molecule has 2 amide bonds. The summed E-state index contributed by atoms with van der Waals surface area (Å²) >= 11 is 12.0. The second kappa shape index (κ2) is 7.80. The van der Waals surface area contributed by atoms with Gasteiger partial charge in [0, 0.05) is 6.07 Å². The highest BCUT2D eigenvalue weighted by Gasteiger charge is 2.19. The Morgan fingerprint density at radius 2 is 2.08 bits per heavy atom. The van der Waals surface area contributed by atoms with E-state index in [0.29, 0.717) is 17.1 Å². The second-order valence-electron chi connectivity index (χ2n) is 5.39. The maximum atomic E-state index is 13.0. The van der Waals surface area contributed by atoms with Gasteiger partial charge in [-0.15, -0.1) is 0 Å². The SMILES string of the molecule is O=C(CCOc1ccc(F)cc1Cl)Nc1cc2c(cc1Cl)NC(=O)CO2. The number of fused-ring (bicyclic) bond motifs is 1. The van der Waals surface area contributed by atoms with Gasteiger partial charge in [0.25, 0.3) is 5.91 Å². The van der Waals surface area contributed by atoms with E-state index < -0.39 is 5.82 Å². The first-order chi connectivity index (χ1) is 12.4. The molecule has 0 saturated carbocycles. The third-order valence-electron chi connectivity index (χ3n) is 3.46. The highest BCUT2D eigenvalue weighted by molar-refractivity contribution is 6.34. The first kappa shape index (κ1) is 18.3. The fraction of sp³-hybridized carbons (Fsp3) is 0.176. The van der Waals surface area contributed by atoms with Gasteiger partial charge in [-0.05, 0) is 24.3 Å². The van der Waals surface area contributed by atoms with Crippen LogP contribution in [-0.4, -0.2) is 25.0 Å². The van der Waals surface area contributed by atoms with Crippen molar-refractivity contribution in [3.05, 3.63) is 46.2 Å². The van der Waals surface area contributed by atoms with E-state index >= 15 is 0 Å². The lowest BCUT2D eigenvalue weighted by Gasteiger charge is -2.19. The fourth-order valence-corrected chi connectivity index (χ4v) is 2.69. The molecule has 0 saturated heterocycles. The van der Waals surface area contributed by atoms with Gasteiger partial charge in [0.2, 0.25) is 5.91 Å². The summed E-state index contributed by atoms with van der Waals surface area (Å²) < 4.78 is 23.6. The molecule has 6 nitrogen and oxygen atoms in total. The molecule has 2 N–H and O–H groups in total. The minimum Gasteiger partial charge on any atom is -0.491 e. The summed E-state index contributed by atoms with van der Waals surface area (Å²) in [5.74, 6) is -0.386. The minimum absolute atomic E-state index is 0.0265. The molecule has 2 aromatic rings. The number of carbonyl (C=O) groups is 2. The van der Waals surface area contributed by atoms with Crippen LogP contribution in [0.3, 0.4) is 0 Å². The third-order valence-corrected chi connectivity index (χ3v) is 4.06. The molecule has 0 fully saturated rings. The zero-order valence-electron chi connectivity index (χ0n) is 13.3. The molecule has 3 rings (SSSR count). The molecule has 0 spiro atoms. The lowest BCUT2D eigenvalue weighted by atomic mass is 10.2. The van der Waals surface area contributed by atoms with Crippen molar-refractivity contribution in [3.8, 4) is 11.5 Å². The van der Waals surface area contributed by atoms with Gasteiger partial charge in [-0.3, -0.25) is 9.59 Å². The summed E-state index contributed by atoms with van der Waals surface area (Å²) in [5, 5.41) is 5.65. The Morgan fingerprint density at radius 3 is 2.85 bits per heavy atom. The summed E-state index contributed by atoms with van der Waals surface area (Å²) in [6, 6.07) is 6.77. The number of rotatable bonds is 5. The van der Waals surface area contributed by atoms with Gasteiger partial charge in [0.1, 0.15) is 17.3 Å². The van der Waals surface area contributed by atoms with Crippen LogP contribution in [0.4, 0.5) is 15.8 Å². The Bertz CT molecular complexity index is 876. The lowest BCUT2D eigenvalue weighted by molar-refractivity contribution is -0.119. The standard InChI is InChI=1S/C17H13Cl2FN2O4/c18-10-6-13-15(26-8-17(24)22-13)7-12(10)21-16(23)3-4-25-14-2-1-9(20)5-11(14)19/h1-2,5-7H,3-4,8H2,(H,21,23)(H,22,24). The number of anilines is 2. The van der Waals surface area contributed by atoms with E-state index in [1.807, 2.05) is 0 Å². The number of hydrogen-bond donors (Lipinski definition) is 2. The van der Waals surface area contributed by atoms with Gasteiger partial charge in [-0.1, -0.05) is 23.2 Å². The Kier molecular flexibility index (Phi) is 5.49. The van der Waals surface area contributed by atoms with E-state index in [4.69, 9.17) is 32.7 Å². The van der Waals surface area contributed by atoms with Crippen molar-refractivity contribution in [2.75, 3.05) is 23.8 Å². The van der Waals surface area contributed by atoms with E-state index in [9.17, 15) is 14.0 Å². The maximum Gasteiger partial charge on any atom is 0.262 e. The Labute approximate surface area is 158 Å². The highest BCUT2D eigenvalue weighted by atomic mass is 35.5. The van der Waals surface area contributed by atoms with E-state index in [-0.39, 0.29) is 47.2 Å². The maximum absolute atomic E-state index is 13.0. The molecule has 1 heterocycles. The highest BCUT2D eigenvalue weighted by Crippen LogP contribution is 2.36. The molecule has 136 valence electrons. The summed E-state index contributed by atoms with van der Waals surface area (Å²) in [4.78, 5) is 23.3. The van der Waals surface area contributed by atoms with Crippen LogP contribution in [-0.2, 0) is 9.59 Å². The van der Waals surface area contributed by atoms with Crippen LogP contribution in [0.5, 0.6) is 11.5 Å². The number of carbonyl (C=O) groups excluding carboxylic acids is 2. The Hall–Kier alpha value is -2.51. The molecule has 26 heavy (non-hydrogen) atoms. The number of benzene rings is 2. The predicted octanol–water partition coefficient (Wildman–Crippen LogP) is 3.87. The first-order valence-electron chi connectivity index (χ1n) is 7.56. The zero-order valence-corrected chi connectivity index (χ0v) is 14.8. The summed E-state index contributed by atoms with van der Waals surface area (Å²) in [5.41, 5.74) is 0.796. The summed E-state index contributed by atoms with van der Waals surface area (Å²) in [6.07, 6.45) is 0.0265. The first-order valence-corrected chi connectivity index (χ1v) is 8.32. The molecule has 0 atom stereocenters. The molecule has 9 heteroatoms. The monoisotopic (exact) mass is 398 g/mol. The average Bonchev–Trinajstić information content (AvgIpc) is 2.58. The smallest absolute Gasteiger partial charge is 0.262 e. The molecule has 0 radical (unpaired) electrons. The van der Waals surface area contributed by atoms with Gasteiger partial charge in [0.15, 0.2) is 6.61 Å². The van der Waals surface area contributed by atoms with Crippen molar-refractivity contribution < 1.29 is 23.5 Å². The van der Waals surface area contributed by atoms with Crippen LogP contribution in [0.25, 0.3) is 0 Å². The van der Waals surface area contributed by atoms with Crippen molar-refractivity contribution in [3.63, 3.8) is 0 Å². The second-order valence-corrected chi connectivity index (χ2v) is 6.20. The van der Waals surface area contributed by atoms with Crippen LogP contribution < -0.4 is 20.1 Å². The molecule has 2 aromatic carbocycles. The third kappa shape index (κ3) is 4.36. The van der Waals surface area contributed by atoms with Crippen molar-refractivity contribution in [2.24, 2.45) is 0 Å². The minimum atomic E-state index is -0.472. The quantitative estimate of drug-likeness (QED) is 0.801. The van der Waals surface area contributed by atoms with E-state index in [1.165, 1.54) is 24.3 Å². The fourth-order valence-electron chi connectivity index (χ4n) is 2.25. The van der Waals surface area contributed by atoms with Crippen molar-refractivity contribution >= 4 is 46.4 Å². The van der Waals surface area contributed by atoms with Crippen LogP contribution in [0.1, 0.15) is 6.42 Å². The summed E-state index contributed by atoms with van der Waals surface area (Å²) in [6.45, 7) is -0.0550. The van der Waals surface area contributed by atoms with Crippen LogP contribution in [0.15, 0.2) is 30.3 Å². The molecule has 0 aromatic heterocycles. The van der Waals surface area contributed by atoms with Crippen LogP contribution in [0, 0.1) is 5.82 Å². The molecular weight excluding hydrogens is 386 g/mol. The molecule has 0 bridgehead atoms. The summed E-state index contributed by atoms with van der Waals surface area (Å²) in [7, 11) is 0. The zero-order chi connectivity index (χ0) is 18.7. The number of hydrogen-bond acceptors (Lipinski definition) is 4. The molecule has 1 aliphatic heterocycles. The number of halogens is 3. The topological polar surface area (TPSA) is 76.7 Å². The average molecular weight is 399 g/mol. The normalized spacial score (nSPS) is 12.7. The number of ether oxygens (including phenoxy) is 2. The van der Waals surface area contributed by atoms with Gasteiger partial charge in [-0.2, -0.15) is 0 Å². The van der Waals surface area contributed by atoms with Crippen molar-refractivity contribution in [2.45, 2.75) is 6.42 Å². The van der Waals surface area contributed by atoms with Crippen LogP contribution >= 0.6 is 23.2 Å². The van der Waals surface area contributed by atoms with Gasteiger partial charge >= 0.3 is 0 Å². The van der Waals surface area contributed by atoms with E-state index in [2.05, 4.69) is 10.6 Å². The van der Waals surface area contributed by atoms with Gasteiger partial charge in [-0.25, -0.2) is 4.39 Å². The molecule has 0 unspecified atom stereocenters. The molecule has 1 aliphatic rings. The Balaban J connectivity index is 1.57. The lowest BCUT2D eigenvalue weighted by Crippen LogP contribution is -2.25. The number of amides is 2. The molecular formula is C17H13Cl2FN2O4. The largest absolute Gasteiger partial charge is 0.491 e. The predicted molar refractivity (Wildman–Crippen MR) is 95.7 cm³/mol. The van der Waals surface area contributed by atoms with E-state index in [0.717, 1.165) is 6.07 Å².